The predicted octanol–water partition coefficient (Wildman–Crippen LogP) is 2.66. The number of nitrogens with one attached hydrogen (secondary N) is 1. The Labute approximate surface area is 128 Å². The molecule has 1 N–H and O–H groups in total. The molecule has 0 saturated carbocycles. The molecule has 0 amide bonds. The molecule has 5 nitrogen and oxygen atoms in total. The highest BCUT2D eigenvalue weighted by Crippen LogP contribution is 2.20. The van der Waals surface area contributed by atoms with Gasteiger partial charge >= 0.3 is 0 Å². The molecule has 0 bridgehead atoms. The Bertz CT molecular complexity index is 746. The van der Waals surface area contributed by atoms with Gasteiger partial charge in [0.2, 0.25) is 0 Å². The Hall–Kier alpha value is -2.05. The topological polar surface area (TPSA) is 67.8 Å². The maximum atomic E-state index is 11.9. The van der Waals surface area contributed by atoms with Crippen molar-refractivity contribution >= 4 is 27.8 Å². The molecule has 7 heteroatoms. The van der Waals surface area contributed by atoms with E-state index < -0.39 is 10.0 Å². The number of hydrogen-bond acceptors (Lipinski definition) is 4. The zero-order chi connectivity index (χ0) is 15.3. The van der Waals surface area contributed by atoms with Crippen LogP contribution in [0.2, 0.25) is 5.02 Å². The predicted molar refractivity (Wildman–Crippen MR) is 82.4 cm³/mol. The van der Waals surface area contributed by atoms with Crippen LogP contribution in [0.25, 0.3) is 0 Å². The molecule has 0 fully saturated rings. The van der Waals surface area contributed by atoms with E-state index in [1.54, 1.807) is 36.4 Å². The van der Waals surface area contributed by atoms with Crippen LogP contribution >= 0.6 is 11.6 Å². The van der Waals surface area contributed by atoms with Crippen LogP contribution in [0.4, 0.5) is 0 Å². The molecule has 0 spiro atoms. The number of benzene rings is 2. The summed E-state index contributed by atoms with van der Waals surface area (Å²) < 4.78 is 29.0. The zero-order valence-electron chi connectivity index (χ0n) is 11.2. The third kappa shape index (κ3) is 3.96. The van der Waals surface area contributed by atoms with Crippen LogP contribution in [0.1, 0.15) is 5.56 Å². The molecule has 0 atom stereocenters. The largest absolute Gasteiger partial charge is 0.497 e. The highest BCUT2D eigenvalue weighted by molar-refractivity contribution is 7.89. The SMILES string of the molecule is COc1ccc(Cl)c(/C=N\NS(=O)(=O)c2ccccc2)c1. The molecular formula is C14H13ClN2O3S. The zero-order valence-corrected chi connectivity index (χ0v) is 12.7. The average molecular weight is 325 g/mol. The Kier molecular flexibility index (Phi) is 4.82. The number of hydrogen-bond donors (Lipinski definition) is 1. The van der Waals surface area contributed by atoms with E-state index in [-0.39, 0.29) is 4.90 Å². The van der Waals surface area contributed by atoms with Crippen LogP contribution in [0.3, 0.4) is 0 Å². The van der Waals surface area contributed by atoms with Crippen LogP contribution < -0.4 is 9.57 Å². The summed E-state index contributed by atoms with van der Waals surface area (Å²) in [6, 6.07) is 13.0. The molecule has 0 aliphatic heterocycles. The summed E-state index contributed by atoms with van der Waals surface area (Å²) in [5.41, 5.74) is 0.548. The second kappa shape index (κ2) is 6.60. The summed E-state index contributed by atoms with van der Waals surface area (Å²) in [6.45, 7) is 0. The van der Waals surface area contributed by atoms with Crippen LogP contribution in [-0.4, -0.2) is 21.7 Å². The van der Waals surface area contributed by atoms with Gasteiger partial charge in [0.15, 0.2) is 0 Å². The first kappa shape index (κ1) is 15.3. The van der Waals surface area contributed by atoms with Gasteiger partial charge in [-0.1, -0.05) is 29.8 Å². The molecule has 2 aromatic carbocycles. The normalized spacial score (nSPS) is 11.5. The van der Waals surface area contributed by atoms with Gasteiger partial charge < -0.3 is 4.74 Å². The number of nitrogens with zero attached hydrogens (tertiary/aromatic N) is 1. The van der Waals surface area contributed by atoms with Gasteiger partial charge in [-0.2, -0.15) is 13.5 Å². The molecule has 0 saturated heterocycles. The van der Waals surface area contributed by atoms with Gasteiger partial charge in [0.25, 0.3) is 10.0 Å². The van der Waals surface area contributed by atoms with Gasteiger partial charge in [-0.05, 0) is 30.3 Å². The van der Waals surface area contributed by atoms with Crippen molar-refractivity contribution in [2.45, 2.75) is 4.90 Å². The van der Waals surface area contributed by atoms with E-state index in [4.69, 9.17) is 16.3 Å². The summed E-state index contributed by atoms with van der Waals surface area (Å²) in [6.07, 6.45) is 1.32. The highest BCUT2D eigenvalue weighted by atomic mass is 35.5. The smallest absolute Gasteiger partial charge is 0.276 e. The number of sulfonamides is 1. The summed E-state index contributed by atoms with van der Waals surface area (Å²) in [5.74, 6) is 0.603. The van der Waals surface area contributed by atoms with Gasteiger partial charge in [0, 0.05) is 10.6 Å². The van der Waals surface area contributed by atoms with Crippen LogP contribution in [-0.2, 0) is 10.0 Å². The van der Waals surface area contributed by atoms with E-state index in [0.717, 1.165) is 0 Å². The molecular weight excluding hydrogens is 312 g/mol. The summed E-state index contributed by atoms with van der Waals surface area (Å²) in [5, 5.41) is 4.17. The second-order valence-electron chi connectivity index (χ2n) is 4.05. The van der Waals surface area contributed by atoms with E-state index in [1.807, 2.05) is 0 Å². The van der Waals surface area contributed by atoms with Crippen molar-refractivity contribution < 1.29 is 13.2 Å². The molecule has 0 aliphatic rings. The molecule has 2 rings (SSSR count). The van der Waals surface area contributed by atoms with Gasteiger partial charge in [0.1, 0.15) is 5.75 Å². The fourth-order valence-electron chi connectivity index (χ4n) is 1.57. The molecule has 21 heavy (non-hydrogen) atoms. The van der Waals surface area contributed by atoms with Crippen molar-refractivity contribution in [2.24, 2.45) is 5.10 Å². The molecule has 0 aliphatic carbocycles. The number of ether oxygens (including phenoxy) is 1. The minimum absolute atomic E-state index is 0.138. The lowest BCUT2D eigenvalue weighted by molar-refractivity contribution is 0.415. The van der Waals surface area contributed by atoms with Gasteiger partial charge in [-0.3, -0.25) is 0 Å². The Balaban J connectivity index is 2.16. The Morgan fingerprint density at radius 2 is 1.90 bits per heavy atom. The lowest BCUT2D eigenvalue weighted by Crippen LogP contribution is -2.18. The summed E-state index contributed by atoms with van der Waals surface area (Å²) >= 11 is 6.00. The first-order chi connectivity index (χ1) is 10.0. The van der Waals surface area contributed by atoms with Gasteiger partial charge in [-0.15, -0.1) is 0 Å². The standard InChI is InChI=1S/C14H13ClN2O3S/c1-20-12-7-8-14(15)11(9-12)10-16-17-21(18,19)13-5-3-2-4-6-13/h2-10,17H,1H3/b16-10-. The van der Waals surface area contributed by atoms with E-state index in [9.17, 15) is 8.42 Å². The fourth-order valence-corrected chi connectivity index (χ4v) is 2.54. The second-order valence-corrected chi connectivity index (χ2v) is 6.12. The van der Waals surface area contributed by atoms with Crippen molar-refractivity contribution in [1.82, 2.24) is 4.83 Å². The monoisotopic (exact) mass is 324 g/mol. The van der Waals surface area contributed by atoms with Crippen LogP contribution in [0, 0.1) is 0 Å². The van der Waals surface area contributed by atoms with Gasteiger partial charge in [0.05, 0.1) is 18.2 Å². The highest BCUT2D eigenvalue weighted by Gasteiger charge is 2.11. The van der Waals surface area contributed by atoms with E-state index in [2.05, 4.69) is 9.93 Å². The average Bonchev–Trinajstić information content (AvgIpc) is 2.50. The summed E-state index contributed by atoms with van der Waals surface area (Å²) in [7, 11) is -2.15. The lowest BCUT2D eigenvalue weighted by atomic mass is 10.2. The van der Waals surface area contributed by atoms with Crippen molar-refractivity contribution in [1.29, 1.82) is 0 Å². The first-order valence-corrected chi connectivity index (χ1v) is 7.82. The maximum absolute atomic E-state index is 11.9. The molecule has 0 radical (unpaired) electrons. The molecule has 110 valence electrons. The first-order valence-electron chi connectivity index (χ1n) is 5.96. The van der Waals surface area contributed by atoms with Crippen molar-refractivity contribution in [3.05, 3.63) is 59.1 Å². The number of rotatable bonds is 5. The van der Waals surface area contributed by atoms with E-state index in [0.29, 0.717) is 16.3 Å². The molecule has 2 aromatic rings. The Morgan fingerprint density at radius 1 is 1.19 bits per heavy atom. The minimum atomic E-state index is -3.68. The number of methoxy groups -OCH3 is 1. The Morgan fingerprint density at radius 3 is 2.57 bits per heavy atom. The third-order valence-corrected chi connectivity index (χ3v) is 4.22. The van der Waals surface area contributed by atoms with Crippen molar-refractivity contribution in [3.8, 4) is 5.75 Å². The number of hydrazone groups is 1. The van der Waals surface area contributed by atoms with Gasteiger partial charge in [-0.25, -0.2) is 4.83 Å². The van der Waals surface area contributed by atoms with E-state index >= 15 is 0 Å². The van der Waals surface area contributed by atoms with Crippen LogP contribution in [0.5, 0.6) is 5.75 Å². The van der Waals surface area contributed by atoms with Crippen molar-refractivity contribution in [3.63, 3.8) is 0 Å². The minimum Gasteiger partial charge on any atom is -0.497 e. The van der Waals surface area contributed by atoms with E-state index in [1.165, 1.54) is 25.5 Å². The fraction of sp³-hybridized carbons (Fsp3) is 0.0714. The van der Waals surface area contributed by atoms with Crippen molar-refractivity contribution in [2.75, 3.05) is 7.11 Å². The summed E-state index contributed by atoms with van der Waals surface area (Å²) in [4.78, 5) is 2.27. The van der Waals surface area contributed by atoms with Crippen LogP contribution in [0.15, 0.2) is 58.5 Å². The molecule has 0 aromatic heterocycles. The lowest BCUT2D eigenvalue weighted by Gasteiger charge is -2.04. The molecule has 0 heterocycles. The maximum Gasteiger partial charge on any atom is 0.276 e. The third-order valence-electron chi connectivity index (χ3n) is 2.63. The quantitative estimate of drug-likeness (QED) is 0.679. The number of halogens is 1. The molecule has 0 unspecified atom stereocenters.